The summed E-state index contributed by atoms with van der Waals surface area (Å²) in [7, 11) is 0. The summed E-state index contributed by atoms with van der Waals surface area (Å²) in [4.78, 5) is 0. The van der Waals surface area contributed by atoms with Crippen molar-refractivity contribution in [2.45, 2.75) is 32.6 Å². The fourth-order valence-corrected chi connectivity index (χ4v) is 2.48. The molecule has 2 aromatic rings. The van der Waals surface area contributed by atoms with Crippen LogP contribution in [0.3, 0.4) is 0 Å². The average molecular weight is 260 g/mol. The van der Waals surface area contributed by atoms with E-state index >= 15 is 0 Å². The van der Waals surface area contributed by atoms with E-state index in [0.29, 0.717) is 0 Å². The number of hydrogen-bond donors (Lipinski definition) is 0. The van der Waals surface area contributed by atoms with E-state index in [9.17, 15) is 0 Å². The Morgan fingerprint density at radius 1 is 1.06 bits per heavy atom. The van der Waals surface area contributed by atoms with Crippen LogP contribution in [0.25, 0.3) is 0 Å². The molecule has 0 bridgehead atoms. The molecule has 0 atom stereocenters. The van der Waals surface area contributed by atoms with E-state index in [4.69, 9.17) is 4.74 Å². The van der Waals surface area contributed by atoms with E-state index in [1.54, 1.807) is 11.3 Å². The van der Waals surface area contributed by atoms with Crippen LogP contribution in [0.15, 0.2) is 41.1 Å². The minimum atomic E-state index is 0.204. The van der Waals surface area contributed by atoms with Crippen LogP contribution in [-0.4, -0.2) is 6.61 Å². The van der Waals surface area contributed by atoms with Gasteiger partial charge in [-0.3, -0.25) is 0 Å². The van der Waals surface area contributed by atoms with Crippen LogP contribution < -0.4 is 4.74 Å². The van der Waals surface area contributed by atoms with E-state index in [0.717, 1.165) is 18.8 Å². The van der Waals surface area contributed by atoms with Crippen LogP contribution in [0.1, 0.15) is 31.9 Å². The van der Waals surface area contributed by atoms with E-state index in [1.807, 2.05) is 0 Å². The maximum Gasteiger partial charge on any atom is 0.119 e. The number of thiophene rings is 1. The van der Waals surface area contributed by atoms with Crippen LogP contribution >= 0.6 is 11.3 Å². The maximum atomic E-state index is 5.75. The van der Waals surface area contributed by atoms with E-state index in [1.165, 1.54) is 11.1 Å². The van der Waals surface area contributed by atoms with Crippen LogP contribution in [0.4, 0.5) is 0 Å². The van der Waals surface area contributed by atoms with Gasteiger partial charge in [0.15, 0.2) is 0 Å². The molecule has 0 fully saturated rings. The van der Waals surface area contributed by atoms with Crippen molar-refractivity contribution in [3.63, 3.8) is 0 Å². The van der Waals surface area contributed by atoms with Gasteiger partial charge in [-0.1, -0.05) is 32.9 Å². The van der Waals surface area contributed by atoms with Gasteiger partial charge in [0.2, 0.25) is 0 Å². The number of hydrogen-bond acceptors (Lipinski definition) is 2. The third-order valence-electron chi connectivity index (χ3n) is 2.96. The van der Waals surface area contributed by atoms with Gasteiger partial charge in [0.1, 0.15) is 5.75 Å². The summed E-state index contributed by atoms with van der Waals surface area (Å²) in [6, 6.07) is 10.6. The zero-order chi connectivity index (χ0) is 13.0. The Balaban J connectivity index is 1.87. The number of benzene rings is 1. The molecule has 0 aliphatic carbocycles. The van der Waals surface area contributed by atoms with E-state index < -0.39 is 0 Å². The molecular weight excluding hydrogens is 240 g/mol. The Bertz CT molecular complexity index is 463. The van der Waals surface area contributed by atoms with Crippen molar-refractivity contribution >= 4 is 11.3 Å². The molecule has 0 amide bonds. The zero-order valence-electron chi connectivity index (χ0n) is 11.3. The molecule has 2 heteroatoms. The first-order chi connectivity index (χ1) is 8.55. The van der Waals surface area contributed by atoms with Gasteiger partial charge >= 0.3 is 0 Å². The molecule has 1 heterocycles. The second-order valence-corrected chi connectivity index (χ2v) is 6.28. The summed E-state index contributed by atoms with van der Waals surface area (Å²) in [5.41, 5.74) is 2.90. The molecule has 0 spiro atoms. The van der Waals surface area contributed by atoms with Crippen molar-refractivity contribution in [2.24, 2.45) is 0 Å². The molecule has 2 rings (SSSR count). The number of ether oxygens (including phenoxy) is 1. The predicted molar refractivity (Wildman–Crippen MR) is 78.7 cm³/mol. The smallest absolute Gasteiger partial charge is 0.119 e. The molecule has 1 aromatic heterocycles. The molecule has 18 heavy (non-hydrogen) atoms. The molecule has 0 aliphatic heterocycles. The van der Waals surface area contributed by atoms with Gasteiger partial charge < -0.3 is 4.74 Å². The van der Waals surface area contributed by atoms with Crippen molar-refractivity contribution in [3.05, 3.63) is 52.2 Å². The standard InChI is InChI=1S/C16H20OS/c1-16(2,3)14-4-6-15(7-5-14)17-10-8-13-9-11-18-12-13/h4-7,9,11-12H,8,10H2,1-3H3. The molecule has 96 valence electrons. The number of rotatable bonds is 4. The summed E-state index contributed by atoms with van der Waals surface area (Å²) in [6.07, 6.45) is 0.977. The minimum absolute atomic E-state index is 0.204. The summed E-state index contributed by atoms with van der Waals surface area (Å²) >= 11 is 1.73. The Labute approximate surface area is 113 Å². The highest BCUT2D eigenvalue weighted by molar-refractivity contribution is 7.07. The minimum Gasteiger partial charge on any atom is -0.493 e. The highest BCUT2D eigenvalue weighted by atomic mass is 32.1. The van der Waals surface area contributed by atoms with Crippen molar-refractivity contribution in [1.29, 1.82) is 0 Å². The highest BCUT2D eigenvalue weighted by Gasteiger charge is 2.12. The summed E-state index contributed by atoms with van der Waals surface area (Å²) in [5, 5.41) is 4.28. The van der Waals surface area contributed by atoms with E-state index in [-0.39, 0.29) is 5.41 Å². The van der Waals surface area contributed by atoms with Crippen LogP contribution in [0.5, 0.6) is 5.75 Å². The quantitative estimate of drug-likeness (QED) is 0.776. The van der Waals surface area contributed by atoms with Crippen LogP contribution in [0, 0.1) is 0 Å². The van der Waals surface area contributed by atoms with Crippen molar-refractivity contribution in [2.75, 3.05) is 6.61 Å². The Morgan fingerprint density at radius 3 is 2.33 bits per heavy atom. The fourth-order valence-electron chi connectivity index (χ4n) is 1.77. The largest absolute Gasteiger partial charge is 0.493 e. The summed E-state index contributed by atoms with van der Waals surface area (Å²) in [6.45, 7) is 7.41. The van der Waals surface area contributed by atoms with Gasteiger partial charge in [-0.25, -0.2) is 0 Å². The normalized spacial score (nSPS) is 11.5. The van der Waals surface area contributed by atoms with Gasteiger partial charge in [-0.15, -0.1) is 0 Å². The van der Waals surface area contributed by atoms with Crippen molar-refractivity contribution in [1.82, 2.24) is 0 Å². The SMILES string of the molecule is CC(C)(C)c1ccc(OCCc2ccsc2)cc1. The van der Waals surface area contributed by atoms with E-state index in [2.05, 4.69) is 61.9 Å². The molecule has 1 aromatic carbocycles. The lowest BCUT2D eigenvalue weighted by atomic mass is 9.87. The summed E-state index contributed by atoms with van der Waals surface area (Å²) in [5.74, 6) is 0.957. The Kier molecular flexibility index (Phi) is 4.07. The molecule has 0 radical (unpaired) electrons. The predicted octanol–water partition coefficient (Wildman–Crippen LogP) is 4.67. The zero-order valence-corrected chi connectivity index (χ0v) is 12.1. The highest BCUT2D eigenvalue weighted by Crippen LogP contribution is 2.24. The van der Waals surface area contributed by atoms with Gasteiger partial charge in [0, 0.05) is 6.42 Å². The van der Waals surface area contributed by atoms with Crippen molar-refractivity contribution in [3.8, 4) is 5.75 Å². The second kappa shape index (κ2) is 5.57. The lowest BCUT2D eigenvalue weighted by Crippen LogP contribution is -2.10. The maximum absolute atomic E-state index is 5.75. The van der Waals surface area contributed by atoms with Gasteiger partial charge in [-0.2, -0.15) is 11.3 Å². The lowest BCUT2D eigenvalue weighted by Gasteiger charge is -2.19. The van der Waals surface area contributed by atoms with Gasteiger partial charge in [0.05, 0.1) is 6.61 Å². The molecule has 0 N–H and O–H groups in total. The third-order valence-corrected chi connectivity index (χ3v) is 3.69. The second-order valence-electron chi connectivity index (χ2n) is 5.50. The molecular formula is C16H20OS. The van der Waals surface area contributed by atoms with Gasteiger partial charge in [-0.05, 0) is 45.5 Å². The Hall–Kier alpha value is -1.28. The molecule has 1 nitrogen and oxygen atoms in total. The molecule has 0 aliphatic rings. The lowest BCUT2D eigenvalue weighted by molar-refractivity contribution is 0.322. The Morgan fingerprint density at radius 2 is 1.78 bits per heavy atom. The fraction of sp³-hybridized carbons (Fsp3) is 0.375. The molecule has 0 saturated carbocycles. The van der Waals surface area contributed by atoms with Gasteiger partial charge in [0.25, 0.3) is 0 Å². The van der Waals surface area contributed by atoms with Crippen LogP contribution in [0.2, 0.25) is 0 Å². The first-order valence-electron chi connectivity index (χ1n) is 6.30. The average Bonchev–Trinajstić information content (AvgIpc) is 2.82. The topological polar surface area (TPSA) is 9.23 Å². The first-order valence-corrected chi connectivity index (χ1v) is 7.24. The molecule has 0 unspecified atom stereocenters. The monoisotopic (exact) mass is 260 g/mol. The first kappa shape index (κ1) is 13.2. The summed E-state index contributed by atoms with van der Waals surface area (Å²) < 4.78 is 5.75. The molecule has 0 saturated heterocycles. The van der Waals surface area contributed by atoms with Crippen molar-refractivity contribution < 1.29 is 4.74 Å². The third kappa shape index (κ3) is 3.61. The van der Waals surface area contributed by atoms with Crippen LogP contribution in [-0.2, 0) is 11.8 Å².